The number of methoxy groups -OCH3 is 3. The second-order valence-electron chi connectivity index (χ2n) is 5.36. The maximum Gasteiger partial charge on any atom is 0.312 e. The van der Waals surface area contributed by atoms with Crippen LogP contribution in [0, 0.1) is 5.82 Å². The molecule has 7 nitrogen and oxygen atoms in total. The van der Waals surface area contributed by atoms with Gasteiger partial charge in [-0.3, -0.25) is 4.99 Å². The molecule has 0 saturated carbocycles. The number of rotatable bonds is 6. The van der Waals surface area contributed by atoms with Crippen LogP contribution in [0.25, 0.3) is 11.5 Å². The molecule has 0 radical (unpaired) electrons. The van der Waals surface area contributed by atoms with Gasteiger partial charge in [-0.1, -0.05) is 0 Å². The van der Waals surface area contributed by atoms with E-state index in [-0.39, 0.29) is 17.4 Å². The van der Waals surface area contributed by atoms with E-state index in [2.05, 4.69) is 9.98 Å². The van der Waals surface area contributed by atoms with E-state index in [1.807, 2.05) is 0 Å². The van der Waals surface area contributed by atoms with Gasteiger partial charge in [0.1, 0.15) is 5.82 Å². The number of nitrogens with zero attached hydrogens (tertiary/aromatic N) is 2. The lowest BCUT2D eigenvalue weighted by atomic mass is 10.2. The molecule has 0 fully saturated rings. The van der Waals surface area contributed by atoms with Crippen molar-refractivity contribution in [3.63, 3.8) is 0 Å². The highest BCUT2D eigenvalue weighted by atomic mass is 19.1. The van der Waals surface area contributed by atoms with E-state index in [0.717, 1.165) is 0 Å². The summed E-state index contributed by atoms with van der Waals surface area (Å²) >= 11 is 0. The second-order valence-corrected chi connectivity index (χ2v) is 5.36. The van der Waals surface area contributed by atoms with Crippen LogP contribution in [0.1, 0.15) is 5.69 Å². The van der Waals surface area contributed by atoms with Gasteiger partial charge in [-0.15, -0.1) is 0 Å². The molecule has 0 atom stereocenters. The lowest BCUT2D eigenvalue weighted by Gasteiger charge is -2.12. The predicted octanol–water partition coefficient (Wildman–Crippen LogP) is 3.96. The van der Waals surface area contributed by atoms with E-state index >= 15 is 0 Å². The van der Waals surface area contributed by atoms with Crippen LogP contribution in [0.15, 0.2) is 45.8 Å². The molecule has 27 heavy (non-hydrogen) atoms. The van der Waals surface area contributed by atoms with Crippen LogP contribution in [0.3, 0.4) is 0 Å². The largest absolute Gasteiger partial charge is 0.493 e. The minimum atomic E-state index is -0.399. The normalized spacial score (nSPS) is 11.0. The van der Waals surface area contributed by atoms with Gasteiger partial charge < -0.3 is 23.7 Å². The molecule has 0 saturated heterocycles. The molecule has 0 bridgehead atoms. The first-order valence-corrected chi connectivity index (χ1v) is 7.85. The summed E-state index contributed by atoms with van der Waals surface area (Å²) in [5.41, 5.74) is 1.15. The fourth-order valence-electron chi connectivity index (χ4n) is 2.40. The van der Waals surface area contributed by atoms with Crippen LogP contribution >= 0.6 is 0 Å². The molecule has 140 valence electrons. The number of ether oxygens (including phenoxy) is 3. The van der Waals surface area contributed by atoms with E-state index < -0.39 is 5.95 Å². The van der Waals surface area contributed by atoms with Crippen LogP contribution in [0.4, 0.5) is 10.1 Å². The summed E-state index contributed by atoms with van der Waals surface area (Å²) in [7, 11) is 4.49. The van der Waals surface area contributed by atoms with Crippen LogP contribution in [-0.4, -0.2) is 37.6 Å². The van der Waals surface area contributed by atoms with Crippen molar-refractivity contribution < 1.29 is 28.1 Å². The smallest absolute Gasteiger partial charge is 0.312 e. The molecule has 1 N–H and O–H groups in total. The first-order chi connectivity index (χ1) is 13.0. The lowest BCUT2D eigenvalue weighted by molar-refractivity contribution is 0.323. The number of benzene rings is 2. The Labute approximate surface area is 154 Å². The summed E-state index contributed by atoms with van der Waals surface area (Å²) in [6, 6.07) is 8.88. The summed E-state index contributed by atoms with van der Waals surface area (Å²) in [6.07, 6.45) is 1.33. The number of oxazole rings is 1. The molecule has 8 heteroatoms. The molecular weight excluding hydrogens is 355 g/mol. The summed E-state index contributed by atoms with van der Waals surface area (Å²) in [5.74, 6) is 0.662. The van der Waals surface area contributed by atoms with E-state index in [4.69, 9.17) is 18.6 Å². The summed E-state index contributed by atoms with van der Waals surface area (Å²) in [6.45, 7) is 0. The molecule has 0 aliphatic heterocycles. The Morgan fingerprint density at radius 1 is 1.04 bits per heavy atom. The minimum absolute atomic E-state index is 0.128. The minimum Gasteiger partial charge on any atom is -0.493 e. The van der Waals surface area contributed by atoms with Crippen molar-refractivity contribution in [2.24, 2.45) is 4.99 Å². The topological polar surface area (TPSA) is 86.3 Å². The second kappa shape index (κ2) is 7.77. The quantitative estimate of drug-likeness (QED) is 0.659. The highest BCUT2D eigenvalue weighted by Crippen LogP contribution is 2.41. The fourth-order valence-corrected chi connectivity index (χ4v) is 2.40. The Balaban J connectivity index is 1.95. The molecule has 0 aliphatic carbocycles. The average Bonchev–Trinajstić information content (AvgIpc) is 3.07. The molecule has 0 unspecified atom stereocenters. The van der Waals surface area contributed by atoms with Crippen molar-refractivity contribution in [3.8, 4) is 34.6 Å². The number of aromatic hydroxyl groups is 1. The van der Waals surface area contributed by atoms with Crippen molar-refractivity contribution in [2.75, 3.05) is 21.3 Å². The standard InChI is InChI=1S/C19H17FN2O5/c1-24-15-8-11(9-16(25-2)17(15)26-3)18-22-14(19(23)27-18)10-21-13-6-4-12(20)5-7-13/h4-10,23H,1-3H3. The van der Waals surface area contributed by atoms with Gasteiger partial charge in [0.25, 0.3) is 0 Å². The van der Waals surface area contributed by atoms with E-state index in [0.29, 0.717) is 28.5 Å². The monoisotopic (exact) mass is 372 g/mol. The number of hydrogen-bond acceptors (Lipinski definition) is 7. The summed E-state index contributed by atoms with van der Waals surface area (Å²) < 4.78 is 34.1. The predicted molar refractivity (Wildman–Crippen MR) is 96.9 cm³/mol. The Morgan fingerprint density at radius 3 is 2.22 bits per heavy atom. The maximum atomic E-state index is 12.9. The van der Waals surface area contributed by atoms with Crippen molar-refractivity contribution in [2.45, 2.75) is 0 Å². The first-order valence-electron chi connectivity index (χ1n) is 7.85. The Hall–Kier alpha value is -3.55. The van der Waals surface area contributed by atoms with Crippen LogP contribution in [-0.2, 0) is 0 Å². The number of aromatic nitrogens is 1. The van der Waals surface area contributed by atoms with Gasteiger partial charge in [-0.2, -0.15) is 0 Å². The molecule has 3 rings (SSSR count). The highest BCUT2D eigenvalue weighted by Gasteiger charge is 2.18. The third kappa shape index (κ3) is 3.84. The summed E-state index contributed by atoms with van der Waals surface area (Å²) in [5, 5.41) is 10.0. The zero-order valence-electron chi connectivity index (χ0n) is 14.9. The van der Waals surface area contributed by atoms with Crippen molar-refractivity contribution in [3.05, 3.63) is 47.9 Å². The first kappa shape index (κ1) is 18.2. The van der Waals surface area contributed by atoms with Crippen molar-refractivity contribution in [1.82, 2.24) is 4.98 Å². The molecule has 1 heterocycles. The van der Waals surface area contributed by atoms with Gasteiger partial charge in [0.2, 0.25) is 11.6 Å². The van der Waals surface area contributed by atoms with Gasteiger partial charge in [0.05, 0.1) is 33.2 Å². The van der Waals surface area contributed by atoms with Crippen LogP contribution in [0.5, 0.6) is 23.2 Å². The van der Waals surface area contributed by atoms with Gasteiger partial charge in [0, 0.05) is 5.56 Å². The van der Waals surface area contributed by atoms with Gasteiger partial charge in [0.15, 0.2) is 17.2 Å². The van der Waals surface area contributed by atoms with Gasteiger partial charge >= 0.3 is 5.95 Å². The summed E-state index contributed by atoms with van der Waals surface area (Å²) in [4.78, 5) is 8.36. The molecule has 0 amide bonds. The molecule has 3 aromatic rings. The Morgan fingerprint density at radius 2 is 1.67 bits per heavy atom. The molecule has 0 spiro atoms. The van der Waals surface area contributed by atoms with Crippen LogP contribution in [0.2, 0.25) is 0 Å². The van der Waals surface area contributed by atoms with Crippen molar-refractivity contribution >= 4 is 11.9 Å². The Bertz CT molecular complexity index is 942. The average molecular weight is 372 g/mol. The van der Waals surface area contributed by atoms with Crippen LogP contribution < -0.4 is 14.2 Å². The SMILES string of the molecule is COc1cc(-c2nc(C=Nc3ccc(F)cc3)c(O)o2)cc(OC)c1OC. The van der Waals surface area contributed by atoms with Gasteiger partial charge in [-0.05, 0) is 36.4 Å². The number of halogens is 1. The molecule has 1 aromatic heterocycles. The zero-order chi connectivity index (χ0) is 19.4. The Kier molecular flexibility index (Phi) is 5.25. The molecule has 2 aromatic carbocycles. The molecule has 0 aliphatic rings. The number of hydrogen-bond donors (Lipinski definition) is 1. The highest BCUT2D eigenvalue weighted by molar-refractivity contribution is 5.83. The van der Waals surface area contributed by atoms with E-state index in [1.165, 1.54) is 51.8 Å². The molecular formula is C19H17FN2O5. The number of aliphatic imine (C=N–C) groups is 1. The fraction of sp³-hybridized carbons (Fsp3) is 0.158. The third-order valence-electron chi connectivity index (χ3n) is 3.71. The zero-order valence-corrected chi connectivity index (χ0v) is 14.9. The van der Waals surface area contributed by atoms with E-state index in [9.17, 15) is 9.50 Å². The van der Waals surface area contributed by atoms with Gasteiger partial charge in [-0.25, -0.2) is 9.37 Å². The lowest BCUT2D eigenvalue weighted by Crippen LogP contribution is -1.95. The maximum absolute atomic E-state index is 12.9. The van der Waals surface area contributed by atoms with E-state index in [1.54, 1.807) is 12.1 Å². The van der Waals surface area contributed by atoms with Crippen molar-refractivity contribution in [1.29, 1.82) is 0 Å². The third-order valence-corrected chi connectivity index (χ3v) is 3.71.